The molecule has 2 heterocycles. The maximum Gasteiger partial charge on any atom is 0.0547 e. The Labute approximate surface area is 327 Å². The van der Waals surface area contributed by atoms with Gasteiger partial charge in [0.2, 0.25) is 0 Å². The van der Waals surface area contributed by atoms with Gasteiger partial charge < -0.3 is 9.13 Å². The fourth-order valence-electron chi connectivity index (χ4n) is 9.88. The molecule has 1 fully saturated rings. The quantitative estimate of drug-likeness (QED) is 0.162. The van der Waals surface area contributed by atoms with Crippen LogP contribution in [0.1, 0.15) is 43.2 Å². The first-order valence-electron chi connectivity index (χ1n) is 20.1. The van der Waals surface area contributed by atoms with Crippen LogP contribution in [0.5, 0.6) is 0 Å². The van der Waals surface area contributed by atoms with Crippen LogP contribution < -0.4 is 0 Å². The Hall–Kier alpha value is -6.64. The molecule has 268 valence electrons. The monoisotopic (exact) mass is 718 g/mol. The van der Waals surface area contributed by atoms with E-state index in [4.69, 9.17) is 0 Å². The van der Waals surface area contributed by atoms with Crippen molar-refractivity contribution in [1.29, 1.82) is 0 Å². The summed E-state index contributed by atoms with van der Waals surface area (Å²) in [6.07, 6.45) is 6.18. The number of hydrogen-bond donors (Lipinski definition) is 0. The lowest BCUT2D eigenvalue weighted by atomic mass is 9.65. The number of benzene rings is 8. The van der Waals surface area contributed by atoms with Crippen LogP contribution in [0.2, 0.25) is 0 Å². The number of para-hydroxylation sites is 4. The lowest BCUT2D eigenvalue weighted by Crippen LogP contribution is -2.30. The van der Waals surface area contributed by atoms with E-state index < -0.39 is 0 Å². The second-order valence-corrected chi connectivity index (χ2v) is 15.6. The maximum absolute atomic E-state index is 2.42. The van der Waals surface area contributed by atoms with Crippen LogP contribution in [0.25, 0.3) is 77.2 Å². The molecule has 10 aromatic rings. The highest BCUT2D eigenvalue weighted by Gasteiger charge is 2.35. The van der Waals surface area contributed by atoms with Crippen molar-refractivity contribution in [3.05, 3.63) is 205 Å². The summed E-state index contributed by atoms with van der Waals surface area (Å²) in [5, 5.41) is 5.14. The van der Waals surface area contributed by atoms with Gasteiger partial charge >= 0.3 is 0 Å². The second-order valence-electron chi connectivity index (χ2n) is 15.6. The van der Waals surface area contributed by atoms with Gasteiger partial charge in [0.15, 0.2) is 0 Å². The van der Waals surface area contributed by atoms with E-state index in [1.165, 1.54) is 120 Å². The molecule has 0 radical (unpaired) electrons. The number of fused-ring (bicyclic) bond motifs is 6. The molecule has 0 unspecified atom stereocenters. The van der Waals surface area contributed by atoms with E-state index in [0.29, 0.717) is 0 Å². The van der Waals surface area contributed by atoms with Crippen LogP contribution in [-0.2, 0) is 5.41 Å². The summed E-state index contributed by atoms with van der Waals surface area (Å²) in [6, 6.07) is 72.1. The van der Waals surface area contributed by atoms with E-state index in [-0.39, 0.29) is 5.41 Å². The van der Waals surface area contributed by atoms with Gasteiger partial charge in [-0.15, -0.1) is 0 Å². The Balaban J connectivity index is 0.944. The second kappa shape index (κ2) is 13.3. The lowest BCUT2D eigenvalue weighted by molar-refractivity contribution is 0.346. The van der Waals surface area contributed by atoms with Crippen LogP contribution in [0, 0.1) is 0 Å². The van der Waals surface area contributed by atoms with Gasteiger partial charge in [0.25, 0.3) is 0 Å². The molecule has 8 aromatic carbocycles. The molecule has 2 heteroatoms. The first-order valence-corrected chi connectivity index (χ1v) is 20.1. The maximum atomic E-state index is 2.42. The molecule has 0 N–H and O–H groups in total. The summed E-state index contributed by atoms with van der Waals surface area (Å²) < 4.78 is 4.79. The molecule has 2 aromatic heterocycles. The summed E-state index contributed by atoms with van der Waals surface area (Å²) in [5.74, 6) is 0. The van der Waals surface area contributed by atoms with E-state index >= 15 is 0 Å². The first-order chi connectivity index (χ1) is 27.7. The minimum absolute atomic E-state index is 0.0199. The first kappa shape index (κ1) is 32.8. The molecule has 0 saturated heterocycles. The summed E-state index contributed by atoms with van der Waals surface area (Å²) in [7, 11) is 0. The lowest BCUT2D eigenvalue weighted by Gasteiger charge is -2.39. The van der Waals surface area contributed by atoms with Crippen molar-refractivity contribution >= 4 is 43.6 Å². The van der Waals surface area contributed by atoms with Gasteiger partial charge in [0.1, 0.15) is 0 Å². The van der Waals surface area contributed by atoms with Crippen molar-refractivity contribution < 1.29 is 0 Å². The molecule has 0 amide bonds. The van der Waals surface area contributed by atoms with E-state index in [2.05, 4.69) is 203 Å². The number of aromatic nitrogens is 2. The van der Waals surface area contributed by atoms with Crippen LogP contribution >= 0.6 is 0 Å². The summed E-state index contributed by atoms with van der Waals surface area (Å²) in [4.78, 5) is 0. The van der Waals surface area contributed by atoms with Gasteiger partial charge in [0, 0.05) is 38.3 Å². The van der Waals surface area contributed by atoms with Gasteiger partial charge in [-0.1, -0.05) is 159 Å². The third-order valence-electron chi connectivity index (χ3n) is 12.6. The molecule has 0 atom stereocenters. The van der Waals surface area contributed by atoms with E-state index in [9.17, 15) is 0 Å². The Bertz CT molecular complexity index is 3010. The zero-order chi connectivity index (χ0) is 37.1. The van der Waals surface area contributed by atoms with Gasteiger partial charge in [0.05, 0.1) is 22.1 Å². The summed E-state index contributed by atoms with van der Waals surface area (Å²) in [6.45, 7) is 0. The van der Waals surface area contributed by atoms with Crippen molar-refractivity contribution in [3.63, 3.8) is 0 Å². The minimum atomic E-state index is 0.0199. The summed E-state index contributed by atoms with van der Waals surface area (Å²) in [5.41, 5.74) is 15.2. The Kier molecular flexibility index (Phi) is 7.77. The topological polar surface area (TPSA) is 9.86 Å². The van der Waals surface area contributed by atoms with Crippen LogP contribution in [0.4, 0.5) is 0 Å². The zero-order valence-electron chi connectivity index (χ0n) is 31.4. The third-order valence-corrected chi connectivity index (χ3v) is 12.6. The normalized spacial score (nSPS) is 14.2. The van der Waals surface area contributed by atoms with E-state index in [0.717, 1.165) is 0 Å². The van der Waals surface area contributed by atoms with Crippen molar-refractivity contribution in [2.45, 2.75) is 37.5 Å². The van der Waals surface area contributed by atoms with Gasteiger partial charge in [-0.3, -0.25) is 0 Å². The Morgan fingerprint density at radius 3 is 1.32 bits per heavy atom. The van der Waals surface area contributed by atoms with Crippen molar-refractivity contribution in [2.24, 2.45) is 0 Å². The third kappa shape index (κ3) is 5.24. The van der Waals surface area contributed by atoms with Crippen LogP contribution in [0.15, 0.2) is 194 Å². The minimum Gasteiger partial charge on any atom is -0.309 e. The molecule has 0 aliphatic heterocycles. The fourth-order valence-corrected chi connectivity index (χ4v) is 9.88. The van der Waals surface area contributed by atoms with Gasteiger partial charge in [-0.05, 0) is 101 Å². The van der Waals surface area contributed by atoms with Crippen molar-refractivity contribution in [3.8, 4) is 33.6 Å². The van der Waals surface area contributed by atoms with Crippen LogP contribution in [-0.4, -0.2) is 9.13 Å². The van der Waals surface area contributed by atoms with Crippen molar-refractivity contribution in [2.75, 3.05) is 0 Å². The van der Waals surface area contributed by atoms with E-state index in [1.54, 1.807) is 0 Å². The highest BCUT2D eigenvalue weighted by atomic mass is 15.0. The molecular weight excluding hydrogens is 677 g/mol. The number of rotatable bonds is 6. The predicted octanol–water partition coefficient (Wildman–Crippen LogP) is 14.5. The summed E-state index contributed by atoms with van der Waals surface area (Å²) >= 11 is 0. The molecule has 1 aliphatic carbocycles. The standard InChI is InChI=1S/C54H42N2/c1-4-14-44(15-5-1)55-51-21-11-9-19-47(51)49-36-40(27-33-52(49)55)38-22-28-42(29-23-38)54(34-12-3-13-35-54)43-30-24-39(25-31-43)41-26-32-48-46-18-8-10-20-50(46)56(53(48)37-41)45-16-6-2-7-17-45/h1-2,4-11,14-33,36-37H,3,12-13,34-35H2. The largest absolute Gasteiger partial charge is 0.309 e. The predicted molar refractivity (Wildman–Crippen MR) is 236 cm³/mol. The Morgan fingerprint density at radius 2 is 0.732 bits per heavy atom. The Morgan fingerprint density at radius 1 is 0.304 bits per heavy atom. The highest BCUT2D eigenvalue weighted by Crippen LogP contribution is 2.46. The molecule has 0 spiro atoms. The average Bonchev–Trinajstić information content (AvgIpc) is 3.79. The molecule has 56 heavy (non-hydrogen) atoms. The van der Waals surface area contributed by atoms with Gasteiger partial charge in [-0.2, -0.15) is 0 Å². The fraction of sp³-hybridized carbons (Fsp3) is 0.111. The molecule has 1 aliphatic rings. The van der Waals surface area contributed by atoms with Gasteiger partial charge in [-0.25, -0.2) is 0 Å². The molecule has 2 nitrogen and oxygen atoms in total. The molecule has 1 saturated carbocycles. The molecule has 0 bridgehead atoms. The van der Waals surface area contributed by atoms with Crippen molar-refractivity contribution in [1.82, 2.24) is 9.13 Å². The number of hydrogen-bond acceptors (Lipinski definition) is 0. The van der Waals surface area contributed by atoms with E-state index in [1.807, 2.05) is 0 Å². The highest BCUT2D eigenvalue weighted by molar-refractivity contribution is 6.11. The molecule has 11 rings (SSSR count). The SMILES string of the molecule is c1ccc(-n2c3ccccc3c3cc(-c4ccc(C5(c6ccc(-c7ccc8c9ccccc9n(-c9ccccc9)c8c7)cc6)CCCCC5)cc4)ccc32)cc1. The smallest absolute Gasteiger partial charge is 0.0547 e. The molecular formula is C54H42N2. The van der Waals surface area contributed by atoms with Crippen LogP contribution in [0.3, 0.4) is 0 Å². The number of nitrogens with zero attached hydrogens (tertiary/aromatic N) is 2. The average molecular weight is 719 g/mol. The zero-order valence-corrected chi connectivity index (χ0v) is 31.4.